The minimum absolute atomic E-state index is 0.479. The second-order valence-corrected chi connectivity index (χ2v) is 4.65. The Morgan fingerprint density at radius 3 is 2.40 bits per heavy atom. The molecule has 2 nitrogen and oxygen atoms in total. The second-order valence-electron chi connectivity index (χ2n) is 4.65. The van der Waals surface area contributed by atoms with Gasteiger partial charge in [0.2, 0.25) is 0 Å². The first kappa shape index (κ1) is 10.5. The third-order valence-corrected chi connectivity index (χ3v) is 2.98. The molecule has 0 aliphatic heterocycles. The highest BCUT2D eigenvalue weighted by atomic mass is 16.5. The molecule has 15 heavy (non-hydrogen) atoms. The summed E-state index contributed by atoms with van der Waals surface area (Å²) in [4.78, 5) is 0. The first-order valence-electron chi connectivity index (χ1n) is 5.43. The third kappa shape index (κ3) is 2.96. The van der Waals surface area contributed by atoms with Gasteiger partial charge in [0, 0.05) is 0 Å². The van der Waals surface area contributed by atoms with Crippen LogP contribution in [0.5, 0.6) is 5.75 Å². The van der Waals surface area contributed by atoms with Gasteiger partial charge in [-0.25, -0.2) is 0 Å². The Bertz CT molecular complexity index is 312. The lowest BCUT2D eigenvalue weighted by atomic mass is 10.2. The lowest BCUT2D eigenvalue weighted by Gasteiger charge is -2.09. The largest absolute Gasteiger partial charge is 0.497 e. The number of ether oxygens (including phenoxy) is 2. The topological polar surface area (TPSA) is 18.5 Å². The fourth-order valence-corrected chi connectivity index (χ4v) is 1.49. The van der Waals surface area contributed by atoms with Gasteiger partial charge in [0.05, 0.1) is 20.3 Å². The Morgan fingerprint density at radius 2 is 1.87 bits per heavy atom. The Hall–Kier alpha value is -1.02. The predicted molar refractivity (Wildman–Crippen MR) is 60.0 cm³/mol. The SMILES string of the molecule is COc1ccc(COCC2(C)CC2)cc1. The van der Waals surface area contributed by atoms with E-state index in [1.54, 1.807) is 7.11 Å². The minimum atomic E-state index is 0.479. The van der Waals surface area contributed by atoms with E-state index in [9.17, 15) is 0 Å². The molecule has 0 aromatic heterocycles. The van der Waals surface area contributed by atoms with E-state index in [4.69, 9.17) is 9.47 Å². The standard InChI is InChI=1S/C13H18O2/c1-13(7-8-13)10-15-9-11-3-5-12(14-2)6-4-11/h3-6H,7-10H2,1-2H3. The van der Waals surface area contributed by atoms with Crippen LogP contribution in [-0.2, 0) is 11.3 Å². The maximum Gasteiger partial charge on any atom is 0.118 e. The van der Waals surface area contributed by atoms with Crippen LogP contribution in [-0.4, -0.2) is 13.7 Å². The Kier molecular flexibility index (Phi) is 2.96. The van der Waals surface area contributed by atoms with Crippen LogP contribution in [0.4, 0.5) is 0 Å². The fraction of sp³-hybridized carbons (Fsp3) is 0.538. The molecule has 0 unspecified atom stereocenters. The van der Waals surface area contributed by atoms with Gasteiger partial charge in [-0.3, -0.25) is 0 Å². The molecule has 0 heterocycles. The molecule has 0 amide bonds. The van der Waals surface area contributed by atoms with E-state index in [0.29, 0.717) is 12.0 Å². The molecule has 1 aromatic rings. The van der Waals surface area contributed by atoms with Crippen LogP contribution in [0.2, 0.25) is 0 Å². The van der Waals surface area contributed by atoms with Crippen molar-refractivity contribution in [2.45, 2.75) is 26.4 Å². The zero-order chi connectivity index (χ0) is 10.7. The van der Waals surface area contributed by atoms with Gasteiger partial charge in [0.1, 0.15) is 5.75 Å². The highest BCUT2D eigenvalue weighted by Crippen LogP contribution is 2.45. The Balaban J connectivity index is 1.77. The van der Waals surface area contributed by atoms with Gasteiger partial charge >= 0.3 is 0 Å². The van der Waals surface area contributed by atoms with Gasteiger partial charge in [0.25, 0.3) is 0 Å². The second kappa shape index (κ2) is 4.23. The van der Waals surface area contributed by atoms with Crippen molar-refractivity contribution in [3.8, 4) is 5.75 Å². The minimum Gasteiger partial charge on any atom is -0.497 e. The molecule has 2 heteroatoms. The van der Waals surface area contributed by atoms with Crippen molar-refractivity contribution >= 4 is 0 Å². The number of rotatable bonds is 5. The van der Waals surface area contributed by atoms with E-state index in [1.165, 1.54) is 18.4 Å². The van der Waals surface area contributed by atoms with Crippen molar-refractivity contribution in [2.24, 2.45) is 5.41 Å². The maximum atomic E-state index is 5.68. The average molecular weight is 206 g/mol. The van der Waals surface area contributed by atoms with E-state index in [2.05, 4.69) is 6.92 Å². The Labute approximate surface area is 91.2 Å². The van der Waals surface area contributed by atoms with Crippen LogP contribution in [0.25, 0.3) is 0 Å². The summed E-state index contributed by atoms with van der Waals surface area (Å²) in [6, 6.07) is 8.04. The van der Waals surface area contributed by atoms with Gasteiger partial charge in [-0.1, -0.05) is 19.1 Å². The molecular weight excluding hydrogens is 188 g/mol. The van der Waals surface area contributed by atoms with Gasteiger partial charge in [-0.05, 0) is 36.0 Å². The average Bonchev–Trinajstić information content (AvgIpc) is 2.98. The molecule has 0 saturated heterocycles. The molecule has 1 fully saturated rings. The summed E-state index contributed by atoms with van der Waals surface area (Å²) in [5, 5.41) is 0. The van der Waals surface area contributed by atoms with E-state index in [0.717, 1.165) is 12.4 Å². The van der Waals surface area contributed by atoms with Crippen LogP contribution < -0.4 is 4.74 Å². The monoisotopic (exact) mass is 206 g/mol. The fourth-order valence-electron chi connectivity index (χ4n) is 1.49. The third-order valence-electron chi connectivity index (χ3n) is 2.98. The van der Waals surface area contributed by atoms with Crippen molar-refractivity contribution in [1.29, 1.82) is 0 Å². The van der Waals surface area contributed by atoms with Crippen molar-refractivity contribution < 1.29 is 9.47 Å². The normalized spacial score (nSPS) is 17.5. The van der Waals surface area contributed by atoms with Crippen molar-refractivity contribution in [3.05, 3.63) is 29.8 Å². The molecule has 0 N–H and O–H groups in total. The summed E-state index contributed by atoms with van der Waals surface area (Å²) in [5.41, 5.74) is 1.69. The molecule has 2 rings (SSSR count). The zero-order valence-corrected chi connectivity index (χ0v) is 9.45. The Morgan fingerprint density at radius 1 is 1.20 bits per heavy atom. The van der Waals surface area contributed by atoms with Gasteiger partial charge in [-0.15, -0.1) is 0 Å². The summed E-state index contributed by atoms with van der Waals surface area (Å²) < 4.78 is 10.8. The van der Waals surface area contributed by atoms with Crippen molar-refractivity contribution in [3.63, 3.8) is 0 Å². The molecule has 1 aromatic carbocycles. The van der Waals surface area contributed by atoms with Crippen LogP contribution in [0.3, 0.4) is 0 Å². The van der Waals surface area contributed by atoms with Gasteiger partial charge in [-0.2, -0.15) is 0 Å². The molecule has 1 aliphatic rings. The van der Waals surface area contributed by atoms with Crippen LogP contribution in [0, 0.1) is 5.41 Å². The smallest absolute Gasteiger partial charge is 0.118 e. The van der Waals surface area contributed by atoms with E-state index >= 15 is 0 Å². The molecule has 0 radical (unpaired) electrons. The van der Waals surface area contributed by atoms with Crippen LogP contribution >= 0.6 is 0 Å². The number of hydrogen-bond acceptors (Lipinski definition) is 2. The molecule has 1 saturated carbocycles. The molecule has 0 atom stereocenters. The molecule has 0 bridgehead atoms. The first-order chi connectivity index (χ1) is 7.22. The van der Waals surface area contributed by atoms with Crippen LogP contribution in [0.15, 0.2) is 24.3 Å². The van der Waals surface area contributed by atoms with Gasteiger partial charge < -0.3 is 9.47 Å². The summed E-state index contributed by atoms with van der Waals surface area (Å²) in [6.07, 6.45) is 2.63. The van der Waals surface area contributed by atoms with Crippen molar-refractivity contribution in [1.82, 2.24) is 0 Å². The predicted octanol–water partition coefficient (Wildman–Crippen LogP) is 3.01. The van der Waals surface area contributed by atoms with Crippen molar-refractivity contribution in [2.75, 3.05) is 13.7 Å². The maximum absolute atomic E-state index is 5.68. The van der Waals surface area contributed by atoms with E-state index in [-0.39, 0.29) is 0 Å². The molecule has 1 aliphatic carbocycles. The highest BCUT2D eigenvalue weighted by molar-refractivity contribution is 5.26. The lowest BCUT2D eigenvalue weighted by molar-refractivity contribution is 0.0842. The van der Waals surface area contributed by atoms with E-state index < -0.39 is 0 Å². The zero-order valence-electron chi connectivity index (χ0n) is 9.45. The quantitative estimate of drug-likeness (QED) is 0.737. The number of benzene rings is 1. The molecule has 0 spiro atoms. The van der Waals surface area contributed by atoms with Crippen LogP contribution in [0.1, 0.15) is 25.3 Å². The molecule has 82 valence electrons. The summed E-state index contributed by atoms with van der Waals surface area (Å²) in [5.74, 6) is 0.896. The summed E-state index contributed by atoms with van der Waals surface area (Å²) in [7, 11) is 1.68. The summed E-state index contributed by atoms with van der Waals surface area (Å²) >= 11 is 0. The number of hydrogen-bond donors (Lipinski definition) is 0. The molecular formula is C13H18O2. The van der Waals surface area contributed by atoms with E-state index in [1.807, 2.05) is 24.3 Å². The first-order valence-corrected chi connectivity index (χ1v) is 5.43. The summed E-state index contributed by atoms with van der Waals surface area (Å²) in [6.45, 7) is 3.87. The number of methoxy groups -OCH3 is 1. The lowest BCUT2D eigenvalue weighted by Crippen LogP contribution is -2.05. The van der Waals surface area contributed by atoms with Gasteiger partial charge in [0.15, 0.2) is 0 Å². The highest BCUT2D eigenvalue weighted by Gasteiger charge is 2.37.